The van der Waals surface area contributed by atoms with Gasteiger partial charge in [-0.15, -0.1) is 0 Å². The van der Waals surface area contributed by atoms with Crippen molar-refractivity contribution in [3.63, 3.8) is 0 Å². The molecule has 3 N–H and O–H groups in total. The third kappa shape index (κ3) is 5.75. The number of hydrogen-bond acceptors (Lipinski definition) is 3. The van der Waals surface area contributed by atoms with Crippen LogP contribution < -0.4 is 11.1 Å². The monoisotopic (exact) mass is 264 g/mol. The van der Waals surface area contributed by atoms with Crippen LogP contribution in [-0.2, 0) is 9.53 Å². The Labute approximate surface area is 115 Å². The number of nitrogens with one attached hydrogen (secondary N) is 1. The fraction of sp³-hybridized carbons (Fsp3) is 0.533. The van der Waals surface area contributed by atoms with Gasteiger partial charge in [0.25, 0.3) is 5.91 Å². The van der Waals surface area contributed by atoms with E-state index in [4.69, 9.17) is 10.5 Å². The number of ether oxygens (including phenoxy) is 1. The molecule has 0 saturated carbocycles. The van der Waals surface area contributed by atoms with Crippen LogP contribution in [0.15, 0.2) is 24.3 Å². The number of carbonyl (C=O) groups excluding carboxylic acids is 1. The maximum atomic E-state index is 11.9. The summed E-state index contributed by atoms with van der Waals surface area (Å²) in [5.41, 5.74) is 7.00. The SMILES string of the molecule is CCCC(C)COC(C)C(=O)Nc1ccc(N)cc1. The van der Waals surface area contributed by atoms with E-state index in [0.717, 1.165) is 18.5 Å². The quantitative estimate of drug-likeness (QED) is 0.744. The molecule has 0 saturated heterocycles. The summed E-state index contributed by atoms with van der Waals surface area (Å²) in [5, 5.41) is 2.81. The maximum Gasteiger partial charge on any atom is 0.253 e. The third-order valence-electron chi connectivity index (χ3n) is 2.96. The summed E-state index contributed by atoms with van der Waals surface area (Å²) in [5.74, 6) is 0.352. The van der Waals surface area contributed by atoms with E-state index >= 15 is 0 Å². The van der Waals surface area contributed by atoms with Crippen LogP contribution in [0.5, 0.6) is 0 Å². The lowest BCUT2D eigenvalue weighted by molar-refractivity contribution is -0.127. The predicted octanol–water partition coefficient (Wildman–Crippen LogP) is 3.05. The Kier molecular flexibility index (Phi) is 6.36. The van der Waals surface area contributed by atoms with Crippen LogP contribution in [0.25, 0.3) is 0 Å². The number of nitrogen functional groups attached to an aromatic ring is 1. The molecule has 0 radical (unpaired) electrons. The van der Waals surface area contributed by atoms with Gasteiger partial charge in [0, 0.05) is 11.4 Å². The van der Waals surface area contributed by atoms with Crippen molar-refractivity contribution in [1.29, 1.82) is 0 Å². The van der Waals surface area contributed by atoms with E-state index in [1.165, 1.54) is 0 Å². The molecule has 0 aliphatic carbocycles. The second-order valence-corrected chi connectivity index (χ2v) is 4.98. The minimum absolute atomic E-state index is 0.131. The molecule has 4 nitrogen and oxygen atoms in total. The Hall–Kier alpha value is -1.55. The molecule has 2 atom stereocenters. The van der Waals surface area contributed by atoms with Crippen LogP contribution in [0.4, 0.5) is 11.4 Å². The first-order valence-corrected chi connectivity index (χ1v) is 6.81. The molecular formula is C15H24N2O2. The zero-order valence-corrected chi connectivity index (χ0v) is 12.0. The molecule has 0 aromatic heterocycles. The van der Waals surface area contributed by atoms with Crippen LogP contribution >= 0.6 is 0 Å². The van der Waals surface area contributed by atoms with E-state index in [9.17, 15) is 4.79 Å². The number of rotatable bonds is 7. The topological polar surface area (TPSA) is 64.3 Å². The smallest absolute Gasteiger partial charge is 0.253 e. The molecule has 1 aromatic rings. The number of benzene rings is 1. The third-order valence-corrected chi connectivity index (χ3v) is 2.96. The minimum Gasteiger partial charge on any atom is -0.399 e. The summed E-state index contributed by atoms with van der Waals surface area (Å²) in [7, 11) is 0. The van der Waals surface area contributed by atoms with Crippen LogP contribution in [0, 0.1) is 5.92 Å². The second-order valence-electron chi connectivity index (χ2n) is 4.98. The summed E-state index contributed by atoms with van der Waals surface area (Å²) in [4.78, 5) is 11.9. The van der Waals surface area contributed by atoms with E-state index in [-0.39, 0.29) is 5.91 Å². The van der Waals surface area contributed by atoms with Gasteiger partial charge in [0.05, 0.1) is 6.61 Å². The van der Waals surface area contributed by atoms with Crippen molar-refractivity contribution < 1.29 is 9.53 Å². The van der Waals surface area contributed by atoms with Gasteiger partial charge in [-0.2, -0.15) is 0 Å². The van der Waals surface area contributed by atoms with Gasteiger partial charge < -0.3 is 15.8 Å². The summed E-state index contributed by atoms with van der Waals surface area (Å²) in [6.45, 7) is 6.66. The lowest BCUT2D eigenvalue weighted by atomic mass is 10.1. The highest BCUT2D eigenvalue weighted by molar-refractivity contribution is 5.94. The van der Waals surface area contributed by atoms with Gasteiger partial charge in [-0.25, -0.2) is 0 Å². The molecule has 106 valence electrons. The average Bonchev–Trinajstić information content (AvgIpc) is 2.39. The Morgan fingerprint density at radius 3 is 2.53 bits per heavy atom. The van der Waals surface area contributed by atoms with Crippen LogP contribution in [0.1, 0.15) is 33.6 Å². The standard InChI is InChI=1S/C15H24N2O2/c1-4-5-11(2)10-19-12(3)15(18)17-14-8-6-13(16)7-9-14/h6-9,11-12H,4-5,10,16H2,1-3H3,(H,17,18). The first-order valence-electron chi connectivity index (χ1n) is 6.81. The van der Waals surface area contributed by atoms with Gasteiger partial charge in [0.1, 0.15) is 6.10 Å². The maximum absolute atomic E-state index is 11.9. The zero-order chi connectivity index (χ0) is 14.3. The molecule has 1 rings (SSSR count). The second kappa shape index (κ2) is 7.79. The number of amides is 1. The van der Waals surface area contributed by atoms with Crippen molar-refractivity contribution in [2.45, 2.75) is 39.7 Å². The highest BCUT2D eigenvalue weighted by Gasteiger charge is 2.14. The first-order chi connectivity index (χ1) is 9.02. The molecule has 4 heteroatoms. The van der Waals surface area contributed by atoms with Crippen molar-refractivity contribution in [3.8, 4) is 0 Å². The molecule has 0 heterocycles. The van der Waals surface area contributed by atoms with Gasteiger partial charge in [-0.05, 0) is 43.5 Å². The number of anilines is 2. The fourth-order valence-corrected chi connectivity index (χ4v) is 1.77. The molecule has 0 fully saturated rings. The van der Waals surface area contributed by atoms with E-state index < -0.39 is 6.10 Å². The molecule has 0 bridgehead atoms. The molecule has 19 heavy (non-hydrogen) atoms. The van der Waals surface area contributed by atoms with Crippen LogP contribution in [0.2, 0.25) is 0 Å². The van der Waals surface area contributed by atoms with E-state index in [1.807, 2.05) is 0 Å². The summed E-state index contributed by atoms with van der Waals surface area (Å²) >= 11 is 0. The van der Waals surface area contributed by atoms with E-state index in [1.54, 1.807) is 31.2 Å². The molecule has 1 aromatic carbocycles. The van der Waals surface area contributed by atoms with Crippen molar-refractivity contribution in [2.75, 3.05) is 17.7 Å². The van der Waals surface area contributed by atoms with Gasteiger partial charge in [0.15, 0.2) is 0 Å². The molecule has 0 aliphatic rings. The number of nitrogens with two attached hydrogens (primary N) is 1. The molecule has 2 unspecified atom stereocenters. The van der Waals surface area contributed by atoms with Crippen molar-refractivity contribution in [3.05, 3.63) is 24.3 Å². The summed E-state index contributed by atoms with van der Waals surface area (Å²) in [6, 6.07) is 7.06. The lowest BCUT2D eigenvalue weighted by Gasteiger charge is -2.16. The Bertz CT molecular complexity index is 390. The van der Waals surface area contributed by atoms with E-state index in [0.29, 0.717) is 18.2 Å². The number of carbonyl (C=O) groups is 1. The minimum atomic E-state index is -0.447. The van der Waals surface area contributed by atoms with Gasteiger partial charge in [0.2, 0.25) is 0 Å². The molecule has 1 amide bonds. The summed E-state index contributed by atoms with van der Waals surface area (Å²) < 4.78 is 5.58. The normalized spacial score (nSPS) is 13.8. The van der Waals surface area contributed by atoms with Gasteiger partial charge in [-0.1, -0.05) is 20.3 Å². The average molecular weight is 264 g/mol. The lowest BCUT2D eigenvalue weighted by Crippen LogP contribution is -2.29. The molecular weight excluding hydrogens is 240 g/mol. The largest absolute Gasteiger partial charge is 0.399 e. The van der Waals surface area contributed by atoms with Crippen molar-refractivity contribution in [1.82, 2.24) is 0 Å². The van der Waals surface area contributed by atoms with Crippen LogP contribution in [-0.4, -0.2) is 18.6 Å². The summed E-state index contributed by atoms with van der Waals surface area (Å²) in [6.07, 6.45) is 1.81. The van der Waals surface area contributed by atoms with Crippen molar-refractivity contribution >= 4 is 17.3 Å². The first kappa shape index (κ1) is 15.5. The highest BCUT2D eigenvalue weighted by atomic mass is 16.5. The number of hydrogen-bond donors (Lipinski definition) is 2. The van der Waals surface area contributed by atoms with Gasteiger partial charge >= 0.3 is 0 Å². The predicted molar refractivity (Wildman–Crippen MR) is 79.0 cm³/mol. The Morgan fingerprint density at radius 2 is 1.95 bits per heavy atom. The Balaban J connectivity index is 2.38. The van der Waals surface area contributed by atoms with Gasteiger partial charge in [-0.3, -0.25) is 4.79 Å². The molecule has 0 aliphatic heterocycles. The Morgan fingerprint density at radius 1 is 1.32 bits per heavy atom. The zero-order valence-electron chi connectivity index (χ0n) is 12.0. The van der Waals surface area contributed by atoms with Crippen LogP contribution in [0.3, 0.4) is 0 Å². The van der Waals surface area contributed by atoms with Crippen molar-refractivity contribution in [2.24, 2.45) is 5.92 Å². The molecule has 0 spiro atoms. The van der Waals surface area contributed by atoms with E-state index in [2.05, 4.69) is 19.2 Å². The fourth-order valence-electron chi connectivity index (χ4n) is 1.77. The highest BCUT2D eigenvalue weighted by Crippen LogP contribution is 2.12.